The van der Waals surface area contributed by atoms with Gasteiger partial charge in [-0.1, -0.05) is 103 Å². The Hall–Kier alpha value is -3.93. The quantitative estimate of drug-likeness (QED) is 0.323. The summed E-state index contributed by atoms with van der Waals surface area (Å²) in [5, 5.41) is 25.4. The van der Waals surface area contributed by atoms with Crippen LogP contribution in [-0.4, -0.2) is 56.9 Å². The van der Waals surface area contributed by atoms with E-state index in [1.54, 1.807) is 15.9 Å². The Morgan fingerprint density at radius 3 is 1.76 bits per heavy atom. The van der Waals surface area contributed by atoms with Gasteiger partial charge in [-0.25, -0.2) is 4.79 Å². The van der Waals surface area contributed by atoms with Crippen LogP contribution in [0.1, 0.15) is 16.7 Å². The monoisotopic (exact) mass is 506 g/mol. The summed E-state index contributed by atoms with van der Waals surface area (Å²) in [5.74, 6) is 0. The van der Waals surface area contributed by atoms with Gasteiger partial charge < -0.3 is 20.0 Å². The number of hydrogen-bond donors (Lipinski definition) is 2. The molecular formula is C33H34N2O3. The van der Waals surface area contributed by atoms with Crippen molar-refractivity contribution in [3.63, 3.8) is 0 Å². The second kappa shape index (κ2) is 11.6. The van der Waals surface area contributed by atoms with Crippen molar-refractivity contribution in [2.24, 2.45) is 0 Å². The predicted octanol–water partition coefficient (Wildman–Crippen LogP) is 5.21. The molecule has 38 heavy (non-hydrogen) atoms. The van der Waals surface area contributed by atoms with Gasteiger partial charge in [0.1, 0.15) is 12.2 Å². The second-order valence-electron chi connectivity index (χ2n) is 10.0. The number of amides is 2. The van der Waals surface area contributed by atoms with Crippen molar-refractivity contribution in [3.8, 4) is 0 Å². The molecule has 0 bridgehead atoms. The summed E-state index contributed by atoms with van der Waals surface area (Å²) >= 11 is 0. The average molecular weight is 507 g/mol. The zero-order valence-corrected chi connectivity index (χ0v) is 21.4. The normalized spacial score (nSPS) is 21.9. The number of hydrogen-bond acceptors (Lipinski definition) is 3. The van der Waals surface area contributed by atoms with Crippen LogP contribution in [0.2, 0.25) is 0 Å². The standard InChI is InChI=1S/C33H34N2O3/c1-2-19-34-29(21-24-11-5-3-6-12-24)31(36)32(37)30(22-25-13-7-4-8-14-25)35(33(34)38)23-26-17-18-27-15-9-10-16-28(27)20-26/h2-18,20,29-32,36-37H,1,19,21-23H2/t29-,30-,31+,32+/m1/s1. The maximum atomic E-state index is 14.3. The van der Waals surface area contributed by atoms with Crippen molar-refractivity contribution in [1.29, 1.82) is 0 Å². The lowest BCUT2D eigenvalue weighted by Gasteiger charge is -2.35. The van der Waals surface area contributed by atoms with Crippen molar-refractivity contribution < 1.29 is 15.0 Å². The zero-order chi connectivity index (χ0) is 26.5. The number of benzene rings is 4. The van der Waals surface area contributed by atoms with Crippen molar-refractivity contribution in [2.45, 2.75) is 43.7 Å². The average Bonchev–Trinajstić information content (AvgIpc) is 3.01. The lowest BCUT2D eigenvalue weighted by Crippen LogP contribution is -2.50. The topological polar surface area (TPSA) is 64.0 Å². The van der Waals surface area contributed by atoms with Gasteiger partial charge in [-0.05, 0) is 46.4 Å². The fraction of sp³-hybridized carbons (Fsp3) is 0.242. The molecule has 0 unspecified atom stereocenters. The Labute approximate surface area is 224 Å². The highest BCUT2D eigenvalue weighted by molar-refractivity contribution is 5.83. The number of carbonyl (C=O) groups is 1. The summed E-state index contributed by atoms with van der Waals surface area (Å²) in [7, 11) is 0. The summed E-state index contributed by atoms with van der Waals surface area (Å²) in [6.07, 6.45) is 0.275. The Morgan fingerprint density at radius 2 is 1.18 bits per heavy atom. The molecule has 1 fully saturated rings. The Balaban J connectivity index is 1.55. The highest BCUT2D eigenvalue weighted by Crippen LogP contribution is 2.29. The lowest BCUT2D eigenvalue weighted by molar-refractivity contribution is -0.0393. The number of nitrogens with zero attached hydrogens (tertiary/aromatic N) is 2. The molecule has 2 amide bonds. The van der Waals surface area contributed by atoms with E-state index in [2.05, 4.69) is 30.8 Å². The van der Waals surface area contributed by atoms with Crippen molar-refractivity contribution in [3.05, 3.63) is 132 Å². The van der Waals surface area contributed by atoms with E-state index in [1.807, 2.05) is 78.9 Å². The molecule has 0 saturated carbocycles. The van der Waals surface area contributed by atoms with E-state index in [0.717, 1.165) is 27.5 Å². The molecule has 1 heterocycles. The molecule has 1 aliphatic heterocycles. The molecule has 2 N–H and O–H groups in total. The highest BCUT2D eigenvalue weighted by Gasteiger charge is 2.45. The lowest BCUT2D eigenvalue weighted by atomic mass is 9.91. The van der Waals surface area contributed by atoms with Gasteiger partial charge in [-0.2, -0.15) is 0 Å². The Morgan fingerprint density at radius 1 is 0.658 bits per heavy atom. The number of fused-ring (bicyclic) bond motifs is 1. The third-order valence-electron chi connectivity index (χ3n) is 7.50. The molecule has 4 atom stereocenters. The summed E-state index contributed by atoms with van der Waals surface area (Å²) in [6.45, 7) is 4.47. The van der Waals surface area contributed by atoms with E-state index in [-0.39, 0.29) is 12.6 Å². The molecular weight excluding hydrogens is 472 g/mol. The molecule has 1 saturated heterocycles. The van der Waals surface area contributed by atoms with Gasteiger partial charge in [0.2, 0.25) is 0 Å². The van der Waals surface area contributed by atoms with Gasteiger partial charge in [0.05, 0.1) is 12.1 Å². The fourth-order valence-electron chi connectivity index (χ4n) is 5.52. The summed E-state index contributed by atoms with van der Waals surface area (Å²) in [5.41, 5.74) is 2.96. The van der Waals surface area contributed by atoms with Crippen LogP contribution in [-0.2, 0) is 19.4 Å². The van der Waals surface area contributed by atoms with Gasteiger partial charge in [-0.3, -0.25) is 0 Å². The first-order chi connectivity index (χ1) is 18.5. The molecule has 0 aliphatic carbocycles. The molecule has 5 rings (SSSR count). The molecule has 1 aliphatic rings. The van der Waals surface area contributed by atoms with Crippen molar-refractivity contribution in [2.75, 3.05) is 6.54 Å². The SMILES string of the molecule is C=CCN1C(=O)N(Cc2ccc3ccccc3c2)[C@H](Cc2ccccc2)[C@H](O)[C@@H](O)[C@H]1Cc1ccccc1. The minimum absolute atomic E-state index is 0.212. The summed E-state index contributed by atoms with van der Waals surface area (Å²) in [6, 6.07) is 32.5. The van der Waals surface area contributed by atoms with E-state index in [4.69, 9.17) is 0 Å². The fourth-order valence-corrected chi connectivity index (χ4v) is 5.52. The maximum Gasteiger partial charge on any atom is 0.321 e. The van der Waals surface area contributed by atoms with Gasteiger partial charge in [-0.15, -0.1) is 6.58 Å². The molecule has 194 valence electrons. The number of aliphatic hydroxyl groups is 2. The van der Waals surface area contributed by atoms with Crippen LogP contribution in [0.5, 0.6) is 0 Å². The van der Waals surface area contributed by atoms with E-state index in [0.29, 0.717) is 19.4 Å². The van der Waals surface area contributed by atoms with Gasteiger partial charge in [0, 0.05) is 13.1 Å². The van der Waals surface area contributed by atoms with Gasteiger partial charge >= 0.3 is 6.03 Å². The van der Waals surface area contributed by atoms with Crippen molar-refractivity contribution >= 4 is 16.8 Å². The smallest absolute Gasteiger partial charge is 0.321 e. The minimum atomic E-state index is -1.14. The van der Waals surface area contributed by atoms with E-state index in [1.165, 1.54) is 0 Å². The van der Waals surface area contributed by atoms with Crippen LogP contribution in [0, 0.1) is 0 Å². The van der Waals surface area contributed by atoms with Gasteiger partial charge in [0.15, 0.2) is 0 Å². The Kier molecular flexibility index (Phi) is 7.87. The molecule has 4 aromatic rings. The van der Waals surface area contributed by atoms with Crippen LogP contribution in [0.15, 0.2) is 116 Å². The minimum Gasteiger partial charge on any atom is -0.388 e. The molecule has 5 nitrogen and oxygen atoms in total. The highest BCUT2D eigenvalue weighted by atomic mass is 16.3. The van der Waals surface area contributed by atoms with Crippen molar-refractivity contribution in [1.82, 2.24) is 9.80 Å². The number of urea groups is 1. The van der Waals surface area contributed by atoms with E-state index in [9.17, 15) is 15.0 Å². The van der Waals surface area contributed by atoms with Gasteiger partial charge in [0.25, 0.3) is 0 Å². The molecule has 0 radical (unpaired) electrons. The van der Waals surface area contributed by atoms with Crippen LogP contribution in [0.4, 0.5) is 4.79 Å². The first kappa shape index (κ1) is 25.7. The second-order valence-corrected chi connectivity index (χ2v) is 10.0. The molecule has 0 aromatic heterocycles. The zero-order valence-electron chi connectivity index (χ0n) is 21.4. The van der Waals surface area contributed by atoms with Crippen LogP contribution in [0.3, 0.4) is 0 Å². The summed E-state index contributed by atoms with van der Waals surface area (Å²) < 4.78 is 0. The van der Waals surface area contributed by atoms with Crippen LogP contribution in [0.25, 0.3) is 10.8 Å². The molecule has 4 aromatic carbocycles. The summed E-state index contributed by atoms with van der Waals surface area (Å²) in [4.78, 5) is 17.7. The first-order valence-electron chi connectivity index (χ1n) is 13.1. The predicted molar refractivity (Wildman–Crippen MR) is 152 cm³/mol. The largest absolute Gasteiger partial charge is 0.388 e. The molecule has 0 spiro atoms. The first-order valence-corrected chi connectivity index (χ1v) is 13.1. The number of carbonyl (C=O) groups excluding carboxylic acids is 1. The van der Waals surface area contributed by atoms with E-state index < -0.39 is 24.3 Å². The number of aliphatic hydroxyl groups excluding tert-OH is 2. The number of rotatable bonds is 8. The van der Waals surface area contributed by atoms with E-state index >= 15 is 0 Å². The van der Waals surface area contributed by atoms with Crippen LogP contribution < -0.4 is 0 Å². The van der Waals surface area contributed by atoms with Crippen LogP contribution >= 0.6 is 0 Å². The Bertz CT molecular complexity index is 1370. The third-order valence-corrected chi connectivity index (χ3v) is 7.50. The molecule has 5 heteroatoms. The maximum absolute atomic E-state index is 14.3. The third kappa shape index (κ3) is 5.49.